The van der Waals surface area contributed by atoms with E-state index < -0.39 is 5.97 Å². The van der Waals surface area contributed by atoms with Gasteiger partial charge in [-0.1, -0.05) is 5.21 Å². The van der Waals surface area contributed by atoms with Crippen LogP contribution in [0.25, 0.3) is 0 Å². The molecule has 8 nitrogen and oxygen atoms in total. The summed E-state index contributed by atoms with van der Waals surface area (Å²) in [7, 11) is 2.12. The predicted octanol–water partition coefficient (Wildman–Crippen LogP) is -1.28. The van der Waals surface area contributed by atoms with E-state index in [2.05, 4.69) is 27.2 Å². The first kappa shape index (κ1) is 14.9. The average Bonchev–Trinajstić information content (AvgIpc) is 2.82. The molecule has 1 aromatic heterocycles. The zero-order chi connectivity index (χ0) is 14.5. The third-order valence-electron chi connectivity index (χ3n) is 3.65. The van der Waals surface area contributed by atoms with Crippen molar-refractivity contribution in [3.05, 3.63) is 11.4 Å². The maximum atomic E-state index is 11.1. The van der Waals surface area contributed by atoms with Crippen LogP contribution in [-0.2, 0) is 13.0 Å². The lowest BCUT2D eigenvalue weighted by molar-refractivity contribution is 0.0689. The summed E-state index contributed by atoms with van der Waals surface area (Å²) in [6.45, 7) is 6.09. The van der Waals surface area contributed by atoms with Crippen molar-refractivity contribution in [1.82, 2.24) is 24.8 Å². The lowest BCUT2D eigenvalue weighted by atomic mass is 10.2. The molecular weight excluding hydrogens is 260 g/mol. The number of hydrogen-bond acceptors (Lipinski definition) is 6. The summed E-state index contributed by atoms with van der Waals surface area (Å²) in [5.74, 6) is -1.04. The number of carbonyl (C=O) groups is 1. The van der Waals surface area contributed by atoms with Crippen LogP contribution in [0.3, 0.4) is 0 Å². The van der Waals surface area contributed by atoms with Crippen molar-refractivity contribution in [2.75, 3.05) is 46.3 Å². The van der Waals surface area contributed by atoms with E-state index in [1.54, 1.807) is 4.68 Å². The first-order valence-corrected chi connectivity index (χ1v) is 6.88. The maximum Gasteiger partial charge on any atom is 0.358 e. The number of nitrogens with two attached hydrogens (primary N) is 1. The molecule has 8 heteroatoms. The van der Waals surface area contributed by atoms with Gasteiger partial charge in [0.05, 0.1) is 12.2 Å². The lowest BCUT2D eigenvalue weighted by Gasteiger charge is -2.32. The highest BCUT2D eigenvalue weighted by Gasteiger charge is 2.19. The summed E-state index contributed by atoms with van der Waals surface area (Å²) >= 11 is 0. The molecule has 112 valence electrons. The van der Waals surface area contributed by atoms with E-state index in [0.717, 1.165) is 32.7 Å². The molecule has 0 aromatic carbocycles. The van der Waals surface area contributed by atoms with Crippen LogP contribution in [0.4, 0.5) is 0 Å². The van der Waals surface area contributed by atoms with Crippen LogP contribution in [0.15, 0.2) is 0 Å². The monoisotopic (exact) mass is 282 g/mol. The van der Waals surface area contributed by atoms with Gasteiger partial charge in [-0.2, -0.15) is 0 Å². The summed E-state index contributed by atoms with van der Waals surface area (Å²) in [6, 6.07) is 0. The van der Waals surface area contributed by atoms with E-state index in [4.69, 9.17) is 10.8 Å². The number of hydrogen-bond donors (Lipinski definition) is 2. The number of aromatic carboxylic acids is 1. The quantitative estimate of drug-likeness (QED) is 0.670. The molecule has 2 rings (SSSR count). The molecule has 0 spiro atoms. The lowest BCUT2D eigenvalue weighted by Crippen LogP contribution is -2.45. The Morgan fingerprint density at radius 3 is 2.60 bits per heavy atom. The van der Waals surface area contributed by atoms with Crippen LogP contribution < -0.4 is 5.73 Å². The Hall–Kier alpha value is -1.51. The molecule has 1 fully saturated rings. The van der Waals surface area contributed by atoms with Crippen molar-refractivity contribution in [2.45, 2.75) is 13.0 Å². The van der Waals surface area contributed by atoms with E-state index >= 15 is 0 Å². The Labute approximate surface area is 118 Å². The average molecular weight is 282 g/mol. The highest BCUT2D eigenvalue weighted by Crippen LogP contribution is 2.07. The largest absolute Gasteiger partial charge is 0.476 e. The zero-order valence-corrected chi connectivity index (χ0v) is 11.8. The third kappa shape index (κ3) is 3.53. The molecule has 0 radical (unpaired) electrons. The summed E-state index contributed by atoms with van der Waals surface area (Å²) in [6.07, 6.45) is 0.484. The third-order valence-corrected chi connectivity index (χ3v) is 3.65. The molecule has 0 bridgehead atoms. The molecule has 0 amide bonds. The molecule has 3 N–H and O–H groups in total. The molecule has 1 aromatic rings. The number of likely N-dealkylation sites (N-methyl/N-ethyl adjacent to an activating group) is 1. The van der Waals surface area contributed by atoms with Gasteiger partial charge in [-0.3, -0.25) is 4.90 Å². The Balaban J connectivity index is 1.96. The fraction of sp³-hybridized carbons (Fsp3) is 0.750. The number of piperazine rings is 1. The van der Waals surface area contributed by atoms with Crippen molar-refractivity contribution in [1.29, 1.82) is 0 Å². The fourth-order valence-corrected chi connectivity index (χ4v) is 2.37. The van der Waals surface area contributed by atoms with Crippen LogP contribution in [0.1, 0.15) is 16.2 Å². The smallest absolute Gasteiger partial charge is 0.358 e. The number of carboxylic acids is 1. The minimum Gasteiger partial charge on any atom is -0.476 e. The Kier molecular flexibility index (Phi) is 5.05. The molecule has 2 heterocycles. The number of aromatic nitrogens is 3. The van der Waals surface area contributed by atoms with E-state index in [1.807, 2.05) is 0 Å². The Morgan fingerprint density at radius 2 is 2.00 bits per heavy atom. The van der Waals surface area contributed by atoms with Gasteiger partial charge in [-0.05, 0) is 13.6 Å². The first-order valence-electron chi connectivity index (χ1n) is 6.88. The fourth-order valence-electron chi connectivity index (χ4n) is 2.37. The molecule has 1 saturated heterocycles. The molecule has 0 atom stereocenters. The summed E-state index contributed by atoms with van der Waals surface area (Å²) in [4.78, 5) is 15.7. The maximum absolute atomic E-state index is 11.1. The number of carboxylic acid groups (broad SMARTS) is 1. The van der Waals surface area contributed by atoms with Crippen molar-refractivity contribution in [3.8, 4) is 0 Å². The van der Waals surface area contributed by atoms with E-state index in [0.29, 0.717) is 25.2 Å². The van der Waals surface area contributed by atoms with Gasteiger partial charge in [0, 0.05) is 39.1 Å². The highest BCUT2D eigenvalue weighted by molar-refractivity contribution is 5.86. The molecule has 0 saturated carbocycles. The van der Waals surface area contributed by atoms with Gasteiger partial charge < -0.3 is 15.7 Å². The second kappa shape index (κ2) is 6.78. The van der Waals surface area contributed by atoms with Gasteiger partial charge in [0.15, 0.2) is 5.69 Å². The molecule has 20 heavy (non-hydrogen) atoms. The Bertz CT molecular complexity index is 453. The van der Waals surface area contributed by atoms with Crippen LogP contribution >= 0.6 is 0 Å². The van der Waals surface area contributed by atoms with Gasteiger partial charge in [-0.15, -0.1) is 5.10 Å². The second-order valence-electron chi connectivity index (χ2n) is 5.10. The first-order chi connectivity index (χ1) is 9.61. The predicted molar refractivity (Wildman–Crippen MR) is 73.7 cm³/mol. The van der Waals surface area contributed by atoms with Gasteiger partial charge >= 0.3 is 5.97 Å². The van der Waals surface area contributed by atoms with Gasteiger partial charge in [0.25, 0.3) is 0 Å². The van der Waals surface area contributed by atoms with Crippen LogP contribution in [-0.4, -0.2) is 82.2 Å². The highest BCUT2D eigenvalue weighted by atomic mass is 16.4. The van der Waals surface area contributed by atoms with Gasteiger partial charge in [-0.25, -0.2) is 9.48 Å². The minimum atomic E-state index is -1.04. The summed E-state index contributed by atoms with van der Waals surface area (Å²) < 4.78 is 1.68. The summed E-state index contributed by atoms with van der Waals surface area (Å²) in [5.41, 5.74) is 6.18. The van der Waals surface area contributed by atoms with Crippen molar-refractivity contribution in [2.24, 2.45) is 5.73 Å². The van der Waals surface area contributed by atoms with E-state index in [9.17, 15) is 4.79 Å². The van der Waals surface area contributed by atoms with Gasteiger partial charge in [0.1, 0.15) is 0 Å². The molecule has 0 unspecified atom stereocenters. The number of rotatable bonds is 6. The summed E-state index contributed by atoms with van der Waals surface area (Å²) in [5, 5.41) is 16.8. The van der Waals surface area contributed by atoms with Crippen molar-refractivity contribution < 1.29 is 9.90 Å². The van der Waals surface area contributed by atoms with E-state index in [1.165, 1.54) is 0 Å². The normalized spacial score (nSPS) is 17.5. The molecule has 1 aliphatic rings. The minimum absolute atomic E-state index is 0.0221. The standard InChI is InChI=1S/C12H22N6O2/c1-16-4-6-17(7-5-16)8-9-18-10(2-3-13)11(12(19)20)14-15-18/h2-9,13H2,1H3,(H,19,20). The van der Waals surface area contributed by atoms with Crippen LogP contribution in [0.2, 0.25) is 0 Å². The van der Waals surface area contributed by atoms with Crippen LogP contribution in [0, 0.1) is 0 Å². The van der Waals surface area contributed by atoms with Gasteiger partial charge in [0.2, 0.25) is 0 Å². The van der Waals surface area contributed by atoms with E-state index in [-0.39, 0.29) is 5.69 Å². The number of nitrogens with zero attached hydrogens (tertiary/aromatic N) is 5. The van der Waals surface area contributed by atoms with Crippen LogP contribution in [0.5, 0.6) is 0 Å². The zero-order valence-electron chi connectivity index (χ0n) is 11.8. The molecule has 0 aliphatic carbocycles. The SMILES string of the molecule is CN1CCN(CCn2nnc(C(=O)O)c2CCN)CC1. The Morgan fingerprint density at radius 1 is 1.30 bits per heavy atom. The second-order valence-corrected chi connectivity index (χ2v) is 5.10. The molecular formula is C12H22N6O2. The van der Waals surface area contributed by atoms with Crippen molar-refractivity contribution in [3.63, 3.8) is 0 Å². The topological polar surface area (TPSA) is 101 Å². The van der Waals surface area contributed by atoms with Crippen molar-refractivity contribution >= 4 is 5.97 Å². The molecule has 1 aliphatic heterocycles.